The minimum Gasteiger partial charge on any atom is -0.366 e. The molecular formula is C12H14N4O2. The van der Waals surface area contributed by atoms with Crippen molar-refractivity contribution in [3.63, 3.8) is 0 Å². The van der Waals surface area contributed by atoms with Gasteiger partial charge in [0.1, 0.15) is 11.8 Å². The van der Waals surface area contributed by atoms with E-state index in [1.165, 1.54) is 0 Å². The third-order valence-corrected chi connectivity index (χ3v) is 2.83. The number of hydrogen-bond donors (Lipinski definition) is 1. The molecule has 1 saturated heterocycles. The molecule has 1 unspecified atom stereocenters. The van der Waals surface area contributed by atoms with Gasteiger partial charge in [-0.05, 0) is 12.1 Å². The molecule has 18 heavy (non-hydrogen) atoms. The second-order valence-corrected chi connectivity index (χ2v) is 3.93. The van der Waals surface area contributed by atoms with Gasteiger partial charge in [0.2, 0.25) is 0 Å². The van der Waals surface area contributed by atoms with Crippen LogP contribution in [-0.2, 0) is 9.53 Å². The van der Waals surface area contributed by atoms with E-state index in [-0.39, 0.29) is 5.91 Å². The van der Waals surface area contributed by atoms with Gasteiger partial charge in [0.15, 0.2) is 6.10 Å². The fourth-order valence-corrected chi connectivity index (χ4v) is 1.88. The normalized spacial score (nSPS) is 19.1. The van der Waals surface area contributed by atoms with Gasteiger partial charge < -0.3 is 15.0 Å². The highest BCUT2D eigenvalue weighted by molar-refractivity contribution is 5.81. The fraction of sp³-hybridized carbons (Fsp3) is 0.417. The van der Waals surface area contributed by atoms with Crippen molar-refractivity contribution in [1.82, 2.24) is 10.3 Å². The average molecular weight is 246 g/mol. The van der Waals surface area contributed by atoms with Crippen LogP contribution in [0.5, 0.6) is 0 Å². The van der Waals surface area contributed by atoms with Crippen LogP contribution in [0.3, 0.4) is 0 Å². The molecule has 0 radical (unpaired) electrons. The van der Waals surface area contributed by atoms with Crippen molar-refractivity contribution in [2.24, 2.45) is 0 Å². The number of carbonyl (C=O) groups excluding carboxylic acids is 1. The molecule has 0 aliphatic carbocycles. The van der Waals surface area contributed by atoms with Crippen molar-refractivity contribution in [3.8, 4) is 6.07 Å². The maximum atomic E-state index is 11.5. The Labute approximate surface area is 105 Å². The Morgan fingerprint density at radius 2 is 2.56 bits per heavy atom. The van der Waals surface area contributed by atoms with E-state index in [9.17, 15) is 4.79 Å². The Balaban J connectivity index is 2.13. The van der Waals surface area contributed by atoms with Crippen molar-refractivity contribution >= 4 is 11.6 Å². The highest BCUT2D eigenvalue weighted by Gasteiger charge is 2.26. The Kier molecular flexibility index (Phi) is 3.75. The molecule has 2 rings (SSSR count). The summed E-state index contributed by atoms with van der Waals surface area (Å²) in [5.41, 5.74) is 1.26. The third-order valence-electron chi connectivity index (χ3n) is 2.83. The molecule has 1 fully saturated rings. The molecule has 0 spiro atoms. The first-order chi connectivity index (χ1) is 8.74. The van der Waals surface area contributed by atoms with Crippen LogP contribution in [0.25, 0.3) is 0 Å². The molecule has 1 aliphatic heterocycles. The number of hydrogen-bond acceptors (Lipinski definition) is 5. The Bertz CT molecular complexity index is 483. The highest BCUT2D eigenvalue weighted by atomic mass is 16.5. The lowest BCUT2D eigenvalue weighted by Crippen LogP contribution is -2.49. The van der Waals surface area contributed by atoms with Gasteiger partial charge in [0.25, 0.3) is 5.91 Å². The second-order valence-electron chi connectivity index (χ2n) is 3.93. The predicted octanol–water partition coefficient (Wildman–Crippen LogP) is -0.0955. The molecule has 1 aromatic heterocycles. The lowest BCUT2D eigenvalue weighted by molar-refractivity contribution is -0.132. The molecule has 6 heteroatoms. The first-order valence-corrected chi connectivity index (χ1v) is 5.69. The van der Waals surface area contributed by atoms with Crippen molar-refractivity contribution in [1.29, 1.82) is 5.26 Å². The molecule has 94 valence electrons. The number of nitriles is 1. The summed E-state index contributed by atoms with van der Waals surface area (Å²) < 4.78 is 5.40. The number of nitrogens with one attached hydrogen (secondary N) is 1. The molecular weight excluding hydrogens is 232 g/mol. The monoisotopic (exact) mass is 246 g/mol. The van der Waals surface area contributed by atoms with Gasteiger partial charge in [0.05, 0.1) is 13.2 Å². The number of anilines is 1. The van der Waals surface area contributed by atoms with Crippen LogP contribution in [0.4, 0.5) is 5.69 Å². The van der Waals surface area contributed by atoms with Gasteiger partial charge in [-0.1, -0.05) is 0 Å². The summed E-state index contributed by atoms with van der Waals surface area (Å²) in [4.78, 5) is 17.5. The third kappa shape index (κ3) is 2.57. The van der Waals surface area contributed by atoms with E-state index in [2.05, 4.69) is 10.3 Å². The number of carbonyl (C=O) groups is 1. The number of nitrogens with zero attached hydrogens (tertiary/aromatic N) is 3. The minimum absolute atomic E-state index is 0.130. The molecule has 0 bridgehead atoms. The van der Waals surface area contributed by atoms with Crippen LogP contribution in [0.15, 0.2) is 18.3 Å². The first kappa shape index (κ1) is 12.3. The summed E-state index contributed by atoms with van der Waals surface area (Å²) in [6.07, 6.45) is 1.13. The Morgan fingerprint density at radius 3 is 3.28 bits per heavy atom. The number of aromatic nitrogens is 1. The van der Waals surface area contributed by atoms with Gasteiger partial charge in [-0.2, -0.15) is 5.26 Å². The second kappa shape index (κ2) is 5.47. The van der Waals surface area contributed by atoms with Gasteiger partial charge in [-0.15, -0.1) is 0 Å². The molecule has 0 saturated carbocycles. The highest BCUT2D eigenvalue weighted by Crippen LogP contribution is 2.17. The van der Waals surface area contributed by atoms with Crippen LogP contribution in [0.2, 0.25) is 0 Å². The molecule has 1 atom stereocenters. The van der Waals surface area contributed by atoms with Crippen LogP contribution < -0.4 is 10.2 Å². The molecule has 6 nitrogen and oxygen atoms in total. The zero-order chi connectivity index (χ0) is 13.0. The minimum atomic E-state index is -0.470. The van der Waals surface area contributed by atoms with E-state index in [0.717, 1.165) is 5.69 Å². The Hall–Kier alpha value is -2.13. The summed E-state index contributed by atoms with van der Waals surface area (Å²) >= 11 is 0. The van der Waals surface area contributed by atoms with E-state index >= 15 is 0 Å². The van der Waals surface area contributed by atoms with Crippen LogP contribution in [0, 0.1) is 11.3 Å². The molecule has 1 aromatic rings. The summed E-state index contributed by atoms with van der Waals surface area (Å²) in [5, 5.41) is 11.4. The van der Waals surface area contributed by atoms with E-state index in [0.29, 0.717) is 25.4 Å². The lowest BCUT2D eigenvalue weighted by Gasteiger charge is -2.33. The maximum Gasteiger partial charge on any atom is 0.250 e. The lowest BCUT2D eigenvalue weighted by atomic mass is 10.2. The van der Waals surface area contributed by atoms with Crippen molar-refractivity contribution in [3.05, 3.63) is 24.0 Å². The fourth-order valence-electron chi connectivity index (χ4n) is 1.88. The predicted molar refractivity (Wildman–Crippen MR) is 65.0 cm³/mol. The summed E-state index contributed by atoms with van der Waals surface area (Å²) in [6, 6.07) is 5.54. The standard InChI is InChI=1S/C12H14N4O2/c1-14-12(17)11-8-16(4-5-18-11)10-2-3-15-9(6-10)7-13/h2-3,6,11H,4-5,8H2,1H3,(H,14,17). The van der Waals surface area contributed by atoms with Crippen molar-refractivity contribution in [2.75, 3.05) is 31.6 Å². The van der Waals surface area contributed by atoms with Crippen LogP contribution in [-0.4, -0.2) is 43.7 Å². The number of morpholine rings is 1. The van der Waals surface area contributed by atoms with Crippen molar-refractivity contribution in [2.45, 2.75) is 6.10 Å². The van der Waals surface area contributed by atoms with Crippen LogP contribution >= 0.6 is 0 Å². The van der Waals surface area contributed by atoms with Gasteiger partial charge >= 0.3 is 0 Å². The quantitative estimate of drug-likeness (QED) is 0.788. The zero-order valence-electron chi connectivity index (χ0n) is 10.1. The molecule has 1 aliphatic rings. The zero-order valence-corrected chi connectivity index (χ0v) is 10.1. The van der Waals surface area contributed by atoms with Gasteiger partial charge in [-0.3, -0.25) is 4.79 Å². The van der Waals surface area contributed by atoms with Crippen LogP contribution in [0.1, 0.15) is 5.69 Å². The maximum absolute atomic E-state index is 11.5. The molecule has 1 amide bonds. The molecule has 2 heterocycles. The largest absolute Gasteiger partial charge is 0.366 e. The molecule has 0 aromatic carbocycles. The number of likely N-dealkylation sites (N-methyl/N-ethyl adjacent to an activating group) is 1. The Morgan fingerprint density at radius 1 is 1.72 bits per heavy atom. The van der Waals surface area contributed by atoms with Gasteiger partial charge in [-0.25, -0.2) is 4.98 Å². The smallest absolute Gasteiger partial charge is 0.250 e. The average Bonchev–Trinajstić information content (AvgIpc) is 2.46. The number of ether oxygens (including phenoxy) is 1. The topological polar surface area (TPSA) is 78.3 Å². The van der Waals surface area contributed by atoms with E-state index < -0.39 is 6.10 Å². The number of amides is 1. The van der Waals surface area contributed by atoms with E-state index in [4.69, 9.17) is 10.00 Å². The number of pyridine rings is 1. The van der Waals surface area contributed by atoms with Crippen molar-refractivity contribution < 1.29 is 9.53 Å². The summed E-state index contributed by atoms with van der Waals surface area (Å²) in [7, 11) is 1.59. The van der Waals surface area contributed by atoms with Gasteiger partial charge in [0, 0.05) is 25.5 Å². The summed E-state index contributed by atoms with van der Waals surface area (Å²) in [5.74, 6) is -0.130. The van der Waals surface area contributed by atoms with E-state index in [1.807, 2.05) is 17.0 Å². The first-order valence-electron chi connectivity index (χ1n) is 5.69. The van der Waals surface area contributed by atoms with E-state index in [1.54, 1.807) is 19.3 Å². The number of rotatable bonds is 2. The molecule has 1 N–H and O–H groups in total. The SMILES string of the molecule is CNC(=O)C1CN(c2ccnc(C#N)c2)CCO1. The summed E-state index contributed by atoms with van der Waals surface area (Å²) in [6.45, 7) is 1.67.